The van der Waals surface area contributed by atoms with E-state index in [9.17, 15) is 29.4 Å². The van der Waals surface area contributed by atoms with Crippen molar-refractivity contribution in [3.05, 3.63) is 41.0 Å². The van der Waals surface area contributed by atoms with Crippen LogP contribution in [0.15, 0.2) is 34.8 Å². The molecule has 2 heterocycles. The number of aromatic hydroxyl groups is 1. The Morgan fingerprint density at radius 1 is 1.23 bits per heavy atom. The SMILES string of the molecule is NC(=O)C[C@H](NC(=O)C1=CC2C[C@@]3(O)[C@H]4Cc5ccc(O)cc5[C@@]3(CCN4CC3CC3)CC2=NC1=O)C(N)=O. The summed E-state index contributed by atoms with van der Waals surface area (Å²) in [5, 5.41) is 25.4. The molecule has 11 heteroatoms. The second-order valence-electron chi connectivity index (χ2n) is 11.8. The molecule has 2 saturated carbocycles. The number of piperidine rings is 1. The number of nitrogens with zero attached hydrogens (tertiary/aromatic N) is 2. The first-order valence-electron chi connectivity index (χ1n) is 13.5. The molecule has 1 unspecified atom stereocenters. The lowest BCUT2D eigenvalue weighted by atomic mass is 9.47. The molecular weight excluding hydrogens is 502 g/mol. The number of phenols is 1. The van der Waals surface area contributed by atoms with Crippen molar-refractivity contribution in [2.75, 3.05) is 13.1 Å². The van der Waals surface area contributed by atoms with E-state index >= 15 is 0 Å². The van der Waals surface area contributed by atoms with Gasteiger partial charge in [-0.3, -0.25) is 24.1 Å². The molecule has 0 aromatic heterocycles. The Kier molecular flexibility index (Phi) is 5.92. The minimum Gasteiger partial charge on any atom is -0.508 e. The summed E-state index contributed by atoms with van der Waals surface area (Å²) in [5.41, 5.74) is 10.9. The predicted octanol–water partition coefficient (Wildman–Crippen LogP) is -0.435. The number of aliphatic imine (C=N–C) groups is 1. The number of nitrogens with two attached hydrogens (primary N) is 2. The van der Waals surface area contributed by atoms with Gasteiger partial charge in [0, 0.05) is 29.6 Å². The number of phenolic OH excluding ortho intramolecular Hbond substituents is 1. The van der Waals surface area contributed by atoms with Crippen molar-refractivity contribution in [1.29, 1.82) is 0 Å². The van der Waals surface area contributed by atoms with Gasteiger partial charge in [-0.15, -0.1) is 0 Å². The van der Waals surface area contributed by atoms with E-state index in [1.54, 1.807) is 12.1 Å². The fourth-order valence-corrected chi connectivity index (χ4v) is 7.38. The van der Waals surface area contributed by atoms with Crippen LogP contribution in [0.2, 0.25) is 0 Å². The predicted molar refractivity (Wildman–Crippen MR) is 139 cm³/mol. The number of rotatable bonds is 7. The summed E-state index contributed by atoms with van der Waals surface area (Å²) in [6, 6.07) is 3.85. The summed E-state index contributed by atoms with van der Waals surface area (Å²) in [4.78, 5) is 55.8. The van der Waals surface area contributed by atoms with Gasteiger partial charge in [0.25, 0.3) is 11.8 Å². The number of benzene rings is 1. The summed E-state index contributed by atoms with van der Waals surface area (Å²) >= 11 is 0. The lowest BCUT2D eigenvalue weighted by molar-refractivity contribution is -0.158. The quantitative estimate of drug-likeness (QED) is 0.293. The van der Waals surface area contributed by atoms with E-state index in [4.69, 9.17) is 11.5 Å². The largest absolute Gasteiger partial charge is 0.508 e. The molecule has 0 radical (unpaired) electrons. The number of primary amides is 2. The third-order valence-corrected chi connectivity index (χ3v) is 9.44. The molecule has 3 fully saturated rings. The van der Waals surface area contributed by atoms with Crippen LogP contribution in [-0.2, 0) is 31.0 Å². The van der Waals surface area contributed by atoms with E-state index in [1.807, 2.05) is 6.07 Å². The zero-order valence-corrected chi connectivity index (χ0v) is 21.6. The van der Waals surface area contributed by atoms with Crippen LogP contribution in [0.3, 0.4) is 0 Å². The number of carbonyl (C=O) groups excluding carboxylic acids is 4. The van der Waals surface area contributed by atoms with E-state index in [2.05, 4.69) is 15.2 Å². The fraction of sp³-hybridized carbons (Fsp3) is 0.536. The van der Waals surface area contributed by atoms with Crippen molar-refractivity contribution in [1.82, 2.24) is 10.2 Å². The van der Waals surface area contributed by atoms with Crippen molar-refractivity contribution in [2.24, 2.45) is 28.3 Å². The number of fused-ring (bicyclic) bond motifs is 2. The molecule has 1 saturated heterocycles. The molecule has 3 aliphatic carbocycles. The molecule has 39 heavy (non-hydrogen) atoms. The molecule has 1 aromatic rings. The van der Waals surface area contributed by atoms with Crippen LogP contribution in [-0.4, -0.2) is 75.2 Å². The van der Waals surface area contributed by atoms with E-state index in [-0.39, 0.29) is 23.8 Å². The minimum absolute atomic E-state index is 0.131. The Balaban J connectivity index is 1.35. The van der Waals surface area contributed by atoms with Crippen molar-refractivity contribution < 1.29 is 29.4 Å². The Bertz CT molecular complexity index is 1350. The smallest absolute Gasteiger partial charge is 0.282 e. The molecule has 0 spiro atoms. The highest BCUT2D eigenvalue weighted by atomic mass is 16.3. The Morgan fingerprint density at radius 3 is 2.69 bits per heavy atom. The first-order chi connectivity index (χ1) is 18.5. The summed E-state index contributed by atoms with van der Waals surface area (Å²) in [5.74, 6) is -3.08. The van der Waals surface area contributed by atoms with Gasteiger partial charge < -0.3 is 27.0 Å². The van der Waals surface area contributed by atoms with Crippen molar-refractivity contribution >= 4 is 29.3 Å². The third kappa shape index (κ3) is 4.15. The first-order valence-corrected chi connectivity index (χ1v) is 13.5. The number of allylic oxidation sites excluding steroid dienone is 1. The van der Waals surface area contributed by atoms with Gasteiger partial charge in [-0.25, -0.2) is 4.99 Å². The van der Waals surface area contributed by atoms with Crippen molar-refractivity contribution in [2.45, 2.75) is 68.0 Å². The first kappa shape index (κ1) is 25.7. The topological polar surface area (TPSA) is 188 Å². The third-order valence-electron chi connectivity index (χ3n) is 9.44. The average Bonchev–Trinajstić information content (AvgIpc) is 3.68. The van der Waals surface area contributed by atoms with Gasteiger partial charge in [0.05, 0.1) is 12.0 Å². The van der Waals surface area contributed by atoms with Crippen LogP contribution in [0, 0.1) is 11.8 Å². The van der Waals surface area contributed by atoms with E-state index in [0.717, 1.165) is 24.2 Å². The highest BCUT2D eigenvalue weighted by molar-refractivity contribution is 6.24. The molecular formula is C28H33N5O6. The van der Waals surface area contributed by atoms with Crippen LogP contribution < -0.4 is 16.8 Å². The van der Waals surface area contributed by atoms with Gasteiger partial charge in [-0.2, -0.15) is 0 Å². The maximum atomic E-state index is 13.0. The number of aliphatic hydroxyl groups is 1. The van der Waals surface area contributed by atoms with Crippen LogP contribution in [0.4, 0.5) is 0 Å². The monoisotopic (exact) mass is 535 g/mol. The van der Waals surface area contributed by atoms with Crippen LogP contribution in [0.5, 0.6) is 5.75 Å². The second-order valence-corrected chi connectivity index (χ2v) is 11.8. The zero-order chi connectivity index (χ0) is 27.7. The van der Waals surface area contributed by atoms with Crippen LogP contribution in [0.1, 0.15) is 49.7 Å². The number of carbonyl (C=O) groups is 4. The second kappa shape index (κ2) is 8.99. The molecule has 4 amide bonds. The van der Waals surface area contributed by atoms with Crippen molar-refractivity contribution in [3.63, 3.8) is 0 Å². The lowest BCUT2D eigenvalue weighted by Gasteiger charge is -2.65. The summed E-state index contributed by atoms with van der Waals surface area (Å²) in [6.45, 7) is 1.74. The van der Waals surface area contributed by atoms with Gasteiger partial charge in [0.2, 0.25) is 11.8 Å². The van der Waals surface area contributed by atoms with E-state index in [0.29, 0.717) is 30.9 Å². The molecule has 5 atom stereocenters. The lowest BCUT2D eigenvalue weighted by Crippen LogP contribution is -2.74. The minimum atomic E-state index is -1.36. The molecule has 11 nitrogen and oxygen atoms in total. The number of amides is 4. The molecule has 2 aliphatic heterocycles. The number of hydrogen-bond acceptors (Lipinski definition) is 7. The number of nitrogens with one attached hydrogen (secondary N) is 1. The standard InChI is InChI=1S/C28H33N5O6/c29-23(35)10-20(24(30)36)31-25(37)18-7-16-11-28(39)22-8-15-3-4-17(34)9-19(15)27(28,12-21(16)32-26(18)38)5-6-33(22)13-14-1-2-14/h3-4,7,9,14,16,20,22,34,39H,1-2,5-6,8,10-13H2,(H2,29,35)(H2,30,36)(H,31,37)/t16?,20-,22+,27+,28+/m0/s1. The van der Waals surface area contributed by atoms with Gasteiger partial charge >= 0.3 is 0 Å². The van der Waals surface area contributed by atoms with Crippen LogP contribution >= 0.6 is 0 Å². The molecule has 7 N–H and O–H groups in total. The number of dihydropyridines is 1. The maximum absolute atomic E-state index is 13.0. The Hall–Kier alpha value is -3.57. The van der Waals surface area contributed by atoms with Gasteiger partial charge in [-0.05, 0) is 74.2 Å². The van der Waals surface area contributed by atoms with E-state index < -0.39 is 53.0 Å². The normalized spacial score (nSPS) is 32.1. The number of likely N-dealkylation sites (tertiary alicyclic amines) is 1. The average molecular weight is 536 g/mol. The summed E-state index contributed by atoms with van der Waals surface area (Å²) in [7, 11) is 0. The molecule has 2 bridgehead atoms. The summed E-state index contributed by atoms with van der Waals surface area (Å²) in [6.07, 6.45) is 5.32. The van der Waals surface area contributed by atoms with Crippen LogP contribution in [0.25, 0.3) is 0 Å². The highest BCUT2D eigenvalue weighted by Gasteiger charge is 2.66. The molecule has 1 aromatic carbocycles. The number of hydrogen-bond donors (Lipinski definition) is 5. The van der Waals surface area contributed by atoms with Gasteiger partial charge in [0.1, 0.15) is 17.4 Å². The fourth-order valence-electron chi connectivity index (χ4n) is 7.38. The maximum Gasteiger partial charge on any atom is 0.282 e. The van der Waals surface area contributed by atoms with Crippen molar-refractivity contribution in [3.8, 4) is 5.75 Å². The summed E-state index contributed by atoms with van der Waals surface area (Å²) < 4.78 is 0. The molecule has 206 valence electrons. The highest BCUT2D eigenvalue weighted by Crippen LogP contribution is 2.59. The van der Waals surface area contributed by atoms with E-state index in [1.165, 1.54) is 18.9 Å². The van der Waals surface area contributed by atoms with Gasteiger partial charge in [0.15, 0.2) is 0 Å². The Morgan fingerprint density at radius 2 is 2.00 bits per heavy atom. The van der Waals surface area contributed by atoms with Gasteiger partial charge in [-0.1, -0.05) is 12.1 Å². The molecule has 6 rings (SSSR count). The Labute approximate surface area is 225 Å². The molecule has 5 aliphatic rings. The zero-order valence-electron chi connectivity index (χ0n) is 21.6.